The molecule has 3 rings (SSSR count). The molecule has 0 aromatic carbocycles. The molecule has 0 spiro atoms. The Kier molecular flexibility index (Phi) is 3.02. The highest BCUT2D eigenvalue weighted by Crippen LogP contribution is 2.27. The van der Waals surface area contributed by atoms with Crippen LogP contribution in [0, 0.1) is 6.92 Å². The molecule has 100 valence electrons. The van der Waals surface area contributed by atoms with Crippen molar-refractivity contribution in [1.29, 1.82) is 0 Å². The van der Waals surface area contributed by atoms with E-state index in [0.29, 0.717) is 5.89 Å². The van der Waals surface area contributed by atoms with E-state index >= 15 is 0 Å². The van der Waals surface area contributed by atoms with Crippen LogP contribution in [0.25, 0.3) is 0 Å². The standard InChI is InChI=1S/C12H15N5O2/c1-8-13-5-4-10(14-8)17-6-2-3-9(7-17)11-15-16-12(18)19-11/h4-5,9H,2-3,6-7H2,1H3,(H,16,18)/t9-/m0/s1. The molecule has 0 saturated carbocycles. The van der Waals surface area contributed by atoms with Crippen LogP contribution in [0.15, 0.2) is 21.5 Å². The molecule has 1 N–H and O–H groups in total. The van der Waals surface area contributed by atoms with Gasteiger partial charge in [0.25, 0.3) is 0 Å². The molecule has 3 heterocycles. The number of piperidine rings is 1. The molecule has 1 aliphatic heterocycles. The first-order valence-corrected chi connectivity index (χ1v) is 6.32. The number of hydrogen-bond donors (Lipinski definition) is 1. The molecule has 0 unspecified atom stereocenters. The molecule has 2 aromatic heterocycles. The molecule has 7 nitrogen and oxygen atoms in total. The van der Waals surface area contributed by atoms with Gasteiger partial charge < -0.3 is 9.32 Å². The predicted octanol–water partition coefficient (Wildman–Crippen LogP) is 0.845. The van der Waals surface area contributed by atoms with Crippen LogP contribution in [-0.2, 0) is 0 Å². The number of H-pyrrole nitrogens is 1. The van der Waals surface area contributed by atoms with Gasteiger partial charge in [-0.3, -0.25) is 0 Å². The number of rotatable bonds is 2. The van der Waals surface area contributed by atoms with Crippen LogP contribution in [0.3, 0.4) is 0 Å². The lowest BCUT2D eigenvalue weighted by atomic mass is 9.98. The number of aromatic amines is 1. The Morgan fingerprint density at radius 2 is 2.42 bits per heavy atom. The van der Waals surface area contributed by atoms with Crippen molar-refractivity contribution in [3.05, 3.63) is 34.5 Å². The fraction of sp³-hybridized carbons (Fsp3) is 0.500. The number of anilines is 1. The maximum Gasteiger partial charge on any atom is 0.434 e. The number of nitrogens with zero attached hydrogens (tertiary/aromatic N) is 4. The van der Waals surface area contributed by atoms with Crippen LogP contribution in [0.2, 0.25) is 0 Å². The summed E-state index contributed by atoms with van der Waals surface area (Å²) in [6, 6.07) is 1.90. The summed E-state index contributed by atoms with van der Waals surface area (Å²) in [7, 11) is 0. The van der Waals surface area contributed by atoms with Crippen molar-refractivity contribution in [1.82, 2.24) is 20.2 Å². The molecule has 0 radical (unpaired) electrons. The van der Waals surface area contributed by atoms with Gasteiger partial charge in [0.05, 0.1) is 5.92 Å². The highest BCUT2D eigenvalue weighted by atomic mass is 16.4. The fourth-order valence-corrected chi connectivity index (χ4v) is 2.42. The third-order valence-electron chi connectivity index (χ3n) is 3.31. The van der Waals surface area contributed by atoms with E-state index in [0.717, 1.165) is 37.6 Å². The summed E-state index contributed by atoms with van der Waals surface area (Å²) in [6.07, 6.45) is 3.74. The molecule has 19 heavy (non-hydrogen) atoms. The topological polar surface area (TPSA) is 87.9 Å². The Labute approximate surface area is 109 Å². The predicted molar refractivity (Wildman–Crippen MR) is 68.1 cm³/mol. The quantitative estimate of drug-likeness (QED) is 0.862. The Bertz CT molecular complexity index is 620. The minimum atomic E-state index is -0.495. The van der Waals surface area contributed by atoms with E-state index in [1.165, 1.54) is 0 Å². The zero-order chi connectivity index (χ0) is 13.2. The van der Waals surface area contributed by atoms with Crippen LogP contribution in [-0.4, -0.2) is 33.3 Å². The first-order chi connectivity index (χ1) is 9.22. The summed E-state index contributed by atoms with van der Waals surface area (Å²) in [5.41, 5.74) is 0. The maximum absolute atomic E-state index is 11.0. The largest absolute Gasteiger partial charge is 0.434 e. The van der Waals surface area contributed by atoms with Crippen LogP contribution in [0.5, 0.6) is 0 Å². The summed E-state index contributed by atoms with van der Waals surface area (Å²) < 4.78 is 5.05. The van der Waals surface area contributed by atoms with Crippen molar-refractivity contribution in [2.45, 2.75) is 25.7 Å². The molecule has 7 heteroatoms. The van der Waals surface area contributed by atoms with E-state index in [-0.39, 0.29) is 5.92 Å². The van der Waals surface area contributed by atoms with Gasteiger partial charge >= 0.3 is 5.76 Å². The van der Waals surface area contributed by atoms with Gasteiger partial charge in [0, 0.05) is 19.3 Å². The van der Waals surface area contributed by atoms with Crippen molar-refractivity contribution in [2.75, 3.05) is 18.0 Å². The van der Waals surface area contributed by atoms with Crippen LogP contribution in [0.1, 0.15) is 30.5 Å². The summed E-state index contributed by atoms with van der Waals surface area (Å²) in [5, 5.41) is 6.23. The zero-order valence-corrected chi connectivity index (χ0v) is 10.7. The number of aryl methyl sites for hydroxylation is 1. The second-order valence-electron chi connectivity index (χ2n) is 4.70. The summed E-state index contributed by atoms with van der Waals surface area (Å²) in [4.78, 5) is 21.7. The van der Waals surface area contributed by atoms with Gasteiger partial charge in [0.2, 0.25) is 5.89 Å². The highest BCUT2D eigenvalue weighted by Gasteiger charge is 2.26. The molecular formula is C12H15N5O2. The summed E-state index contributed by atoms with van der Waals surface area (Å²) in [6.45, 7) is 3.57. The van der Waals surface area contributed by atoms with E-state index in [1.54, 1.807) is 6.20 Å². The van der Waals surface area contributed by atoms with Gasteiger partial charge in [0.15, 0.2) is 0 Å². The third-order valence-corrected chi connectivity index (χ3v) is 3.31. The lowest BCUT2D eigenvalue weighted by Gasteiger charge is -2.31. The van der Waals surface area contributed by atoms with Crippen molar-refractivity contribution in [3.8, 4) is 0 Å². The highest BCUT2D eigenvalue weighted by molar-refractivity contribution is 5.38. The van der Waals surface area contributed by atoms with Gasteiger partial charge in [-0.25, -0.2) is 19.9 Å². The minimum Gasteiger partial charge on any atom is -0.392 e. The van der Waals surface area contributed by atoms with E-state index in [4.69, 9.17) is 4.42 Å². The Hall–Kier alpha value is -2.18. The lowest BCUT2D eigenvalue weighted by Crippen LogP contribution is -2.35. The SMILES string of the molecule is Cc1nccc(N2CCC[C@H](c3n[nH]c(=O)o3)C2)n1. The minimum absolute atomic E-state index is 0.128. The first kappa shape index (κ1) is 11.9. The average Bonchev–Trinajstić information content (AvgIpc) is 2.86. The first-order valence-electron chi connectivity index (χ1n) is 6.32. The molecule has 1 fully saturated rings. The molecule has 0 amide bonds. The Morgan fingerprint density at radius 3 is 3.16 bits per heavy atom. The monoisotopic (exact) mass is 261 g/mol. The molecule has 1 atom stereocenters. The third kappa shape index (κ3) is 2.49. The Balaban J connectivity index is 1.80. The van der Waals surface area contributed by atoms with E-state index in [1.807, 2.05) is 13.0 Å². The second-order valence-corrected chi connectivity index (χ2v) is 4.70. The maximum atomic E-state index is 11.0. The molecule has 0 aliphatic carbocycles. The van der Waals surface area contributed by atoms with Crippen LogP contribution in [0.4, 0.5) is 5.82 Å². The van der Waals surface area contributed by atoms with Crippen LogP contribution >= 0.6 is 0 Å². The molecule has 2 aromatic rings. The molecular weight excluding hydrogens is 246 g/mol. The normalized spacial score (nSPS) is 19.6. The lowest BCUT2D eigenvalue weighted by molar-refractivity contribution is 0.384. The van der Waals surface area contributed by atoms with E-state index in [9.17, 15) is 4.79 Å². The Morgan fingerprint density at radius 1 is 1.53 bits per heavy atom. The smallest absolute Gasteiger partial charge is 0.392 e. The van der Waals surface area contributed by atoms with Crippen molar-refractivity contribution in [2.24, 2.45) is 0 Å². The zero-order valence-electron chi connectivity index (χ0n) is 10.7. The molecule has 1 aliphatic rings. The van der Waals surface area contributed by atoms with Gasteiger partial charge in [0.1, 0.15) is 11.6 Å². The van der Waals surface area contributed by atoms with Crippen molar-refractivity contribution >= 4 is 5.82 Å². The van der Waals surface area contributed by atoms with E-state index < -0.39 is 5.76 Å². The van der Waals surface area contributed by atoms with Crippen LogP contribution < -0.4 is 10.7 Å². The summed E-state index contributed by atoms with van der Waals surface area (Å²) >= 11 is 0. The fourth-order valence-electron chi connectivity index (χ4n) is 2.42. The molecule has 0 bridgehead atoms. The summed E-state index contributed by atoms with van der Waals surface area (Å²) in [5.74, 6) is 1.79. The molecule has 1 saturated heterocycles. The number of hydrogen-bond acceptors (Lipinski definition) is 6. The van der Waals surface area contributed by atoms with Gasteiger partial charge in [-0.2, -0.15) is 0 Å². The van der Waals surface area contributed by atoms with E-state index in [2.05, 4.69) is 25.1 Å². The van der Waals surface area contributed by atoms with Gasteiger partial charge in [-0.05, 0) is 25.8 Å². The van der Waals surface area contributed by atoms with Crippen molar-refractivity contribution in [3.63, 3.8) is 0 Å². The number of nitrogens with one attached hydrogen (secondary N) is 1. The van der Waals surface area contributed by atoms with Crippen molar-refractivity contribution < 1.29 is 4.42 Å². The van der Waals surface area contributed by atoms with Gasteiger partial charge in [-0.1, -0.05) is 0 Å². The second kappa shape index (κ2) is 4.83. The number of aromatic nitrogens is 4. The van der Waals surface area contributed by atoms with Gasteiger partial charge in [-0.15, -0.1) is 5.10 Å². The average molecular weight is 261 g/mol.